The predicted octanol–water partition coefficient (Wildman–Crippen LogP) is 6.21. The highest BCUT2D eigenvalue weighted by molar-refractivity contribution is 9.10. The van der Waals surface area contributed by atoms with Crippen molar-refractivity contribution in [2.75, 3.05) is 0 Å². The number of benzene rings is 3. The Bertz CT molecular complexity index is 1160. The number of hydrogen-bond acceptors (Lipinski definition) is 3. The van der Waals surface area contributed by atoms with E-state index < -0.39 is 0 Å². The Hall–Kier alpha value is -3.18. The summed E-state index contributed by atoms with van der Waals surface area (Å²) < 4.78 is 7.21. The zero-order valence-corrected chi connectivity index (χ0v) is 18.1. The lowest BCUT2D eigenvalue weighted by atomic mass is 10.0. The van der Waals surface area contributed by atoms with Gasteiger partial charge in [-0.25, -0.2) is 0 Å². The van der Waals surface area contributed by atoms with Gasteiger partial charge < -0.3 is 10.1 Å². The van der Waals surface area contributed by atoms with E-state index in [1.807, 2.05) is 72.8 Å². The summed E-state index contributed by atoms with van der Waals surface area (Å²) in [5, 5.41) is 3.97. The quantitative estimate of drug-likeness (QED) is 0.372. The van der Waals surface area contributed by atoms with Crippen molar-refractivity contribution in [3.8, 4) is 11.5 Å². The first-order valence-electron chi connectivity index (χ1n) is 9.72. The SMILES string of the molecule is CC(=O)N[C@@H](Cc1ccccc1)c1cc(Oc2ccc(Br)cc2)c2ccccc2n1. The van der Waals surface area contributed by atoms with E-state index in [0.717, 1.165) is 32.4 Å². The molecule has 4 aromatic rings. The van der Waals surface area contributed by atoms with Crippen molar-refractivity contribution in [1.29, 1.82) is 0 Å². The third kappa shape index (κ3) is 4.86. The van der Waals surface area contributed by atoms with Gasteiger partial charge in [0, 0.05) is 22.8 Å². The first-order chi connectivity index (χ1) is 14.6. The molecule has 1 amide bonds. The molecule has 4 nitrogen and oxygen atoms in total. The zero-order chi connectivity index (χ0) is 20.9. The van der Waals surface area contributed by atoms with E-state index in [1.54, 1.807) is 0 Å². The van der Waals surface area contributed by atoms with E-state index in [2.05, 4.69) is 33.4 Å². The van der Waals surface area contributed by atoms with E-state index in [4.69, 9.17) is 9.72 Å². The molecule has 1 atom stereocenters. The number of hydrogen-bond donors (Lipinski definition) is 1. The Labute approximate surface area is 184 Å². The molecule has 1 aromatic heterocycles. The summed E-state index contributed by atoms with van der Waals surface area (Å²) in [7, 11) is 0. The zero-order valence-electron chi connectivity index (χ0n) is 16.5. The lowest BCUT2D eigenvalue weighted by Gasteiger charge is -2.20. The number of carbonyl (C=O) groups excluding carboxylic acids is 1. The van der Waals surface area contributed by atoms with Crippen molar-refractivity contribution in [3.05, 3.63) is 101 Å². The summed E-state index contributed by atoms with van der Waals surface area (Å²) in [5.74, 6) is 1.35. The minimum absolute atomic E-state index is 0.0960. The van der Waals surface area contributed by atoms with Gasteiger partial charge in [0.2, 0.25) is 5.91 Å². The van der Waals surface area contributed by atoms with E-state index in [1.165, 1.54) is 6.92 Å². The smallest absolute Gasteiger partial charge is 0.217 e. The van der Waals surface area contributed by atoms with Crippen molar-refractivity contribution >= 4 is 32.7 Å². The fourth-order valence-electron chi connectivity index (χ4n) is 3.38. The Balaban J connectivity index is 1.76. The first-order valence-corrected chi connectivity index (χ1v) is 10.5. The van der Waals surface area contributed by atoms with Crippen LogP contribution in [-0.4, -0.2) is 10.9 Å². The third-order valence-electron chi connectivity index (χ3n) is 4.76. The van der Waals surface area contributed by atoms with Crippen LogP contribution in [0, 0.1) is 0 Å². The van der Waals surface area contributed by atoms with E-state index in [0.29, 0.717) is 12.2 Å². The molecule has 0 bridgehead atoms. The van der Waals surface area contributed by atoms with Crippen LogP contribution in [0.4, 0.5) is 0 Å². The molecule has 0 spiro atoms. The van der Waals surface area contributed by atoms with Crippen LogP contribution in [-0.2, 0) is 11.2 Å². The minimum Gasteiger partial charge on any atom is -0.457 e. The van der Waals surface area contributed by atoms with Crippen LogP contribution in [0.5, 0.6) is 11.5 Å². The van der Waals surface area contributed by atoms with Crippen LogP contribution in [0.1, 0.15) is 24.2 Å². The van der Waals surface area contributed by atoms with Crippen molar-refractivity contribution in [3.63, 3.8) is 0 Å². The van der Waals surface area contributed by atoms with Crippen molar-refractivity contribution < 1.29 is 9.53 Å². The second-order valence-electron chi connectivity index (χ2n) is 7.06. The highest BCUT2D eigenvalue weighted by Gasteiger charge is 2.18. The van der Waals surface area contributed by atoms with Gasteiger partial charge >= 0.3 is 0 Å². The number of pyridine rings is 1. The van der Waals surface area contributed by atoms with Crippen LogP contribution in [0.3, 0.4) is 0 Å². The predicted molar refractivity (Wildman–Crippen MR) is 123 cm³/mol. The highest BCUT2D eigenvalue weighted by Crippen LogP contribution is 2.32. The Morgan fingerprint density at radius 2 is 1.70 bits per heavy atom. The second kappa shape index (κ2) is 9.09. The van der Waals surface area contributed by atoms with Gasteiger partial charge in [-0.3, -0.25) is 9.78 Å². The maximum atomic E-state index is 11.9. The number of fused-ring (bicyclic) bond motifs is 1. The molecule has 30 heavy (non-hydrogen) atoms. The molecule has 1 heterocycles. The van der Waals surface area contributed by atoms with Crippen LogP contribution >= 0.6 is 15.9 Å². The van der Waals surface area contributed by atoms with Gasteiger partial charge in [0.15, 0.2) is 0 Å². The Morgan fingerprint density at radius 1 is 1.00 bits per heavy atom. The number of nitrogens with one attached hydrogen (secondary N) is 1. The third-order valence-corrected chi connectivity index (χ3v) is 5.29. The normalized spacial score (nSPS) is 11.8. The number of carbonyl (C=O) groups is 1. The molecule has 4 rings (SSSR count). The molecule has 0 unspecified atom stereocenters. The largest absolute Gasteiger partial charge is 0.457 e. The maximum absolute atomic E-state index is 11.9. The van der Waals surface area contributed by atoms with E-state index >= 15 is 0 Å². The topological polar surface area (TPSA) is 51.2 Å². The summed E-state index contributed by atoms with van der Waals surface area (Å²) in [6.07, 6.45) is 0.642. The van der Waals surface area contributed by atoms with Gasteiger partial charge in [-0.05, 0) is 48.4 Å². The molecule has 0 aliphatic carbocycles. The summed E-state index contributed by atoms with van der Waals surface area (Å²) in [5.41, 5.74) is 2.71. The molecule has 150 valence electrons. The average Bonchev–Trinajstić information content (AvgIpc) is 2.75. The minimum atomic E-state index is -0.262. The molecule has 0 radical (unpaired) electrons. The molecule has 1 N–H and O–H groups in total. The lowest BCUT2D eigenvalue weighted by molar-refractivity contribution is -0.119. The molecular weight excluding hydrogens is 440 g/mol. The van der Waals surface area contributed by atoms with Crippen LogP contribution in [0.15, 0.2) is 89.4 Å². The molecule has 0 fully saturated rings. The van der Waals surface area contributed by atoms with Crippen LogP contribution < -0.4 is 10.1 Å². The molecule has 5 heteroatoms. The fraction of sp³-hybridized carbons (Fsp3) is 0.120. The Kier molecular flexibility index (Phi) is 6.10. The van der Waals surface area contributed by atoms with Gasteiger partial charge in [-0.15, -0.1) is 0 Å². The molecular formula is C25H21BrN2O2. The second-order valence-corrected chi connectivity index (χ2v) is 7.98. The van der Waals surface area contributed by atoms with Gasteiger partial charge in [-0.2, -0.15) is 0 Å². The standard InChI is InChI=1S/C25H21BrN2O2/c1-17(29)27-23(15-18-7-3-2-4-8-18)24-16-25(21-9-5-6-10-22(21)28-24)30-20-13-11-19(26)12-14-20/h2-14,16,23H,15H2,1H3,(H,27,29)/t23-/m0/s1. The first kappa shape index (κ1) is 20.1. The monoisotopic (exact) mass is 460 g/mol. The van der Waals surface area contributed by atoms with Crippen molar-refractivity contribution in [1.82, 2.24) is 10.3 Å². The van der Waals surface area contributed by atoms with E-state index in [9.17, 15) is 4.79 Å². The van der Waals surface area contributed by atoms with Crippen LogP contribution in [0.2, 0.25) is 0 Å². The molecule has 0 aliphatic heterocycles. The number of halogens is 1. The highest BCUT2D eigenvalue weighted by atomic mass is 79.9. The van der Waals surface area contributed by atoms with E-state index in [-0.39, 0.29) is 11.9 Å². The molecule has 0 aliphatic rings. The van der Waals surface area contributed by atoms with Gasteiger partial charge in [-0.1, -0.05) is 58.4 Å². The number of ether oxygens (including phenoxy) is 1. The number of para-hydroxylation sites is 1. The maximum Gasteiger partial charge on any atom is 0.217 e. The molecule has 0 saturated heterocycles. The van der Waals surface area contributed by atoms with Crippen LogP contribution in [0.25, 0.3) is 10.9 Å². The average molecular weight is 461 g/mol. The summed E-state index contributed by atoms with van der Waals surface area (Å²) >= 11 is 3.45. The van der Waals surface area contributed by atoms with Gasteiger partial charge in [0.05, 0.1) is 17.3 Å². The lowest BCUT2D eigenvalue weighted by Crippen LogP contribution is -2.28. The number of amides is 1. The number of aromatic nitrogens is 1. The van der Waals surface area contributed by atoms with Gasteiger partial charge in [0.1, 0.15) is 11.5 Å². The number of nitrogens with zero attached hydrogens (tertiary/aromatic N) is 1. The van der Waals surface area contributed by atoms with Crippen molar-refractivity contribution in [2.24, 2.45) is 0 Å². The van der Waals surface area contributed by atoms with Crippen molar-refractivity contribution in [2.45, 2.75) is 19.4 Å². The Morgan fingerprint density at radius 3 is 2.43 bits per heavy atom. The summed E-state index contributed by atoms with van der Waals surface area (Å²) in [6.45, 7) is 1.53. The number of rotatable bonds is 6. The molecule has 0 saturated carbocycles. The summed E-state index contributed by atoms with van der Waals surface area (Å²) in [6, 6.07) is 27.3. The summed E-state index contributed by atoms with van der Waals surface area (Å²) in [4.78, 5) is 16.8. The fourth-order valence-corrected chi connectivity index (χ4v) is 3.64. The van der Waals surface area contributed by atoms with Gasteiger partial charge in [0.25, 0.3) is 0 Å². The molecule has 3 aromatic carbocycles.